The summed E-state index contributed by atoms with van der Waals surface area (Å²) in [6.07, 6.45) is 1.11. The summed E-state index contributed by atoms with van der Waals surface area (Å²) in [4.78, 5) is 2.46. The maximum Gasteiger partial charge on any atom is 0.0236 e. The molecular weight excluding hydrogens is 244 g/mol. The van der Waals surface area contributed by atoms with Gasteiger partial charge in [0.2, 0.25) is 0 Å². The lowest BCUT2D eigenvalue weighted by Gasteiger charge is -2.35. The van der Waals surface area contributed by atoms with E-state index < -0.39 is 0 Å². The van der Waals surface area contributed by atoms with Gasteiger partial charge in [-0.2, -0.15) is 0 Å². The molecule has 1 aromatic rings. The van der Waals surface area contributed by atoms with Crippen LogP contribution in [-0.2, 0) is 13.0 Å². The number of rotatable bonds is 7. The first-order valence-electron chi connectivity index (χ1n) is 7.84. The summed E-state index contributed by atoms with van der Waals surface area (Å²) < 4.78 is 0. The highest BCUT2D eigenvalue weighted by molar-refractivity contribution is 5.27. The minimum Gasteiger partial charge on any atom is -0.317 e. The SMILES string of the molecule is CCNCCc1ccccc1CN(C)C(C)C(C)(C)C. The van der Waals surface area contributed by atoms with Crippen LogP contribution in [0, 0.1) is 5.41 Å². The third-order valence-electron chi connectivity index (χ3n) is 4.27. The van der Waals surface area contributed by atoms with E-state index >= 15 is 0 Å². The highest BCUT2D eigenvalue weighted by Gasteiger charge is 2.24. The summed E-state index contributed by atoms with van der Waals surface area (Å²) in [5.41, 5.74) is 3.25. The second kappa shape index (κ2) is 7.80. The molecule has 0 saturated heterocycles. The van der Waals surface area contributed by atoms with E-state index in [1.54, 1.807) is 0 Å². The zero-order valence-corrected chi connectivity index (χ0v) is 14.2. The molecule has 1 rings (SSSR count). The maximum absolute atomic E-state index is 3.41. The fourth-order valence-electron chi connectivity index (χ4n) is 2.42. The van der Waals surface area contributed by atoms with Gasteiger partial charge in [-0.15, -0.1) is 0 Å². The van der Waals surface area contributed by atoms with Crippen LogP contribution in [0.15, 0.2) is 24.3 Å². The first kappa shape index (κ1) is 17.2. The molecule has 0 radical (unpaired) electrons. The van der Waals surface area contributed by atoms with Crippen LogP contribution in [-0.4, -0.2) is 31.1 Å². The van der Waals surface area contributed by atoms with Gasteiger partial charge >= 0.3 is 0 Å². The van der Waals surface area contributed by atoms with Crippen LogP contribution >= 0.6 is 0 Å². The van der Waals surface area contributed by atoms with Gasteiger partial charge in [0.25, 0.3) is 0 Å². The Morgan fingerprint density at radius 1 is 1.15 bits per heavy atom. The number of hydrogen-bond donors (Lipinski definition) is 1. The Kier molecular flexibility index (Phi) is 6.70. The molecule has 1 unspecified atom stereocenters. The van der Waals surface area contributed by atoms with Crippen molar-refractivity contribution in [1.82, 2.24) is 10.2 Å². The van der Waals surface area contributed by atoms with Crippen molar-refractivity contribution in [2.75, 3.05) is 20.1 Å². The van der Waals surface area contributed by atoms with Crippen LogP contribution < -0.4 is 5.32 Å². The summed E-state index contributed by atoms with van der Waals surface area (Å²) in [5, 5.41) is 3.41. The smallest absolute Gasteiger partial charge is 0.0236 e. The Balaban J connectivity index is 2.71. The van der Waals surface area contributed by atoms with Crippen molar-refractivity contribution in [3.63, 3.8) is 0 Å². The van der Waals surface area contributed by atoms with Crippen LogP contribution in [0.1, 0.15) is 45.7 Å². The molecule has 20 heavy (non-hydrogen) atoms. The van der Waals surface area contributed by atoms with E-state index in [1.807, 2.05) is 0 Å². The van der Waals surface area contributed by atoms with Gasteiger partial charge in [-0.25, -0.2) is 0 Å². The van der Waals surface area contributed by atoms with E-state index in [4.69, 9.17) is 0 Å². The van der Waals surface area contributed by atoms with Crippen molar-refractivity contribution < 1.29 is 0 Å². The topological polar surface area (TPSA) is 15.3 Å². The highest BCUT2D eigenvalue weighted by atomic mass is 15.1. The van der Waals surface area contributed by atoms with Crippen molar-refractivity contribution in [3.05, 3.63) is 35.4 Å². The summed E-state index contributed by atoms with van der Waals surface area (Å²) in [5.74, 6) is 0. The first-order chi connectivity index (χ1) is 9.36. The molecule has 1 aromatic carbocycles. The quantitative estimate of drug-likeness (QED) is 0.764. The molecule has 0 amide bonds. The Morgan fingerprint density at radius 3 is 2.30 bits per heavy atom. The van der Waals surface area contributed by atoms with Crippen LogP contribution in [0.25, 0.3) is 0 Å². The Bertz CT molecular complexity index is 393. The normalized spacial score (nSPS) is 13.8. The molecule has 1 atom stereocenters. The second-order valence-corrected chi connectivity index (χ2v) is 6.83. The van der Waals surface area contributed by atoms with Crippen LogP contribution in [0.4, 0.5) is 0 Å². The Hall–Kier alpha value is -0.860. The predicted octanol–water partition coefficient (Wildman–Crippen LogP) is 3.71. The molecule has 0 aromatic heterocycles. The molecule has 0 fully saturated rings. The van der Waals surface area contributed by atoms with E-state index in [9.17, 15) is 0 Å². The van der Waals surface area contributed by atoms with E-state index in [2.05, 4.69) is 76.1 Å². The van der Waals surface area contributed by atoms with Crippen LogP contribution in [0.3, 0.4) is 0 Å². The predicted molar refractivity (Wildman–Crippen MR) is 89.1 cm³/mol. The van der Waals surface area contributed by atoms with Crippen molar-refractivity contribution in [3.8, 4) is 0 Å². The molecule has 2 nitrogen and oxygen atoms in total. The van der Waals surface area contributed by atoms with Crippen molar-refractivity contribution in [2.45, 2.75) is 53.6 Å². The van der Waals surface area contributed by atoms with E-state index in [0.717, 1.165) is 26.1 Å². The van der Waals surface area contributed by atoms with Crippen molar-refractivity contribution in [1.29, 1.82) is 0 Å². The molecule has 1 N–H and O–H groups in total. The number of benzene rings is 1. The summed E-state index contributed by atoms with van der Waals surface area (Å²) in [6.45, 7) is 14.5. The minimum atomic E-state index is 0.313. The maximum atomic E-state index is 3.41. The van der Waals surface area contributed by atoms with Gasteiger partial charge in [-0.3, -0.25) is 4.90 Å². The molecule has 0 heterocycles. The first-order valence-corrected chi connectivity index (χ1v) is 7.84. The third-order valence-corrected chi connectivity index (χ3v) is 4.27. The molecule has 114 valence electrons. The molecule has 0 saturated carbocycles. The fourth-order valence-corrected chi connectivity index (χ4v) is 2.42. The average molecular weight is 276 g/mol. The monoisotopic (exact) mass is 276 g/mol. The molecule has 0 aliphatic rings. The highest BCUT2D eigenvalue weighted by Crippen LogP contribution is 2.24. The largest absolute Gasteiger partial charge is 0.317 e. The molecule has 0 bridgehead atoms. The second-order valence-electron chi connectivity index (χ2n) is 6.83. The van der Waals surface area contributed by atoms with Crippen molar-refractivity contribution >= 4 is 0 Å². The molecule has 2 heteroatoms. The standard InChI is InChI=1S/C18H32N2/c1-7-19-13-12-16-10-8-9-11-17(16)14-20(6)15(2)18(3,4)5/h8-11,15,19H,7,12-14H2,1-6H3. The van der Waals surface area contributed by atoms with Gasteiger partial charge in [0.05, 0.1) is 0 Å². The average Bonchev–Trinajstić information content (AvgIpc) is 2.39. The van der Waals surface area contributed by atoms with Gasteiger partial charge < -0.3 is 5.32 Å². The molecule has 0 aliphatic carbocycles. The summed E-state index contributed by atoms with van der Waals surface area (Å²) >= 11 is 0. The number of hydrogen-bond acceptors (Lipinski definition) is 2. The lowest BCUT2D eigenvalue weighted by atomic mass is 9.87. The van der Waals surface area contributed by atoms with Gasteiger partial charge in [0.15, 0.2) is 0 Å². The number of nitrogens with one attached hydrogen (secondary N) is 1. The number of likely N-dealkylation sites (N-methyl/N-ethyl adjacent to an activating group) is 1. The minimum absolute atomic E-state index is 0.313. The van der Waals surface area contributed by atoms with E-state index in [0.29, 0.717) is 11.5 Å². The summed E-state index contributed by atoms with van der Waals surface area (Å²) in [7, 11) is 2.23. The lowest BCUT2D eigenvalue weighted by molar-refractivity contribution is 0.134. The van der Waals surface area contributed by atoms with E-state index in [-0.39, 0.29) is 0 Å². The Morgan fingerprint density at radius 2 is 1.75 bits per heavy atom. The fraction of sp³-hybridized carbons (Fsp3) is 0.667. The van der Waals surface area contributed by atoms with Crippen LogP contribution in [0.5, 0.6) is 0 Å². The lowest BCUT2D eigenvalue weighted by Crippen LogP contribution is -2.39. The van der Waals surface area contributed by atoms with Gasteiger partial charge in [0.1, 0.15) is 0 Å². The molecular formula is C18H32N2. The molecule has 0 spiro atoms. The van der Waals surface area contributed by atoms with Crippen LogP contribution in [0.2, 0.25) is 0 Å². The Labute approximate surface area is 125 Å². The zero-order valence-electron chi connectivity index (χ0n) is 14.2. The zero-order chi connectivity index (χ0) is 15.2. The van der Waals surface area contributed by atoms with Gasteiger partial charge in [0, 0.05) is 12.6 Å². The van der Waals surface area contributed by atoms with Gasteiger partial charge in [-0.1, -0.05) is 52.0 Å². The third kappa shape index (κ3) is 5.26. The van der Waals surface area contributed by atoms with Crippen molar-refractivity contribution in [2.24, 2.45) is 5.41 Å². The van der Waals surface area contributed by atoms with E-state index in [1.165, 1.54) is 11.1 Å². The van der Waals surface area contributed by atoms with Gasteiger partial charge in [-0.05, 0) is 50.0 Å². The molecule has 0 aliphatic heterocycles. The number of nitrogens with zero attached hydrogens (tertiary/aromatic N) is 1. The summed E-state index contributed by atoms with van der Waals surface area (Å²) in [6, 6.07) is 9.40.